The average Bonchev–Trinajstić information content (AvgIpc) is 2.61. The predicted octanol–water partition coefficient (Wildman–Crippen LogP) is 2.57. The van der Waals surface area contributed by atoms with Gasteiger partial charge in [0.2, 0.25) is 11.0 Å². The summed E-state index contributed by atoms with van der Waals surface area (Å²) in [4.78, 5) is 3.35. The number of para-hydroxylation sites is 2. The second kappa shape index (κ2) is 6.84. The maximum Gasteiger partial charge on any atom is 0.416 e. The van der Waals surface area contributed by atoms with Crippen LogP contribution in [-0.4, -0.2) is 0 Å². The van der Waals surface area contributed by atoms with E-state index in [0.29, 0.717) is 5.69 Å². The van der Waals surface area contributed by atoms with E-state index < -0.39 is 11.7 Å². The Bertz CT molecular complexity index is 1020. The van der Waals surface area contributed by atoms with Gasteiger partial charge in [0.05, 0.1) is 22.0 Å². The molecule has 0 unspecified atom stereocenters. The Hall–Kier alpha value is -2.79. The molecule has 0 bridgehead atoms. The molecule has 3 aromatic carbocycles. The number of pyridine rings is 1. The number of nitrogens with one attached hydrogen (secondary N) is 2. The molecule has 0 aliphatic rings. The molecule has 0 saturated carbocycles. The first kappa shape index (κ1) is 18.0. The number of benzene rings is 3. The Morgan fingerprint density at radius 3 is 1.88 bits per heavy atom. The van der Waals surface area contributed by atoms with Crippen LogP contribution in [0.2, 0.25) is 0 Å². The topological polar surface area (TPSA) is 26.2 Å². The lowest BCUT2D eigenvalue weighted by molar-refractivity contribution is -0.310. The van der Waals surface area contributed by atoms with Crippen molar-refractivity contribution >= 4 is 33.2 Å². The molecule has 1 aromatic heterocycles. The van der Waals surface area contributed by atoms with E-state index in [1.807, 2.05) is 48.5 Å². The summed E-state index contributed by atoms with van der Waals surface area (Å²) in [5.41, 5.74) is 2.33. The molecule has 0 atom stereocenters. The van der Waals surface area contributed by atoms with Crippen LogP contribution in [0, 0.1) is 0 Å². The van der Waals surface area contributed by atoms with Crippen LogP contribution in [0.25, 0.3) is 21.8 Å². The Morgan fingerprint density at radius 1 is 0.731 bits per heavy atom. The Balaban J connectivity index is 0.00000196. The molecule has 0 saturated heterocycles. The minimum absolute atomic E-state index is 0. The smallest absolute Gasteiger partial charge is 0.416 e. The van der Waals surface area contributed by atoms with Crippen molar-refractivity contribution in [1.29, 1.82) is 0 Å². The molecule has 26 heavy (non-hydrogen) atoms. The monoisotopic (exact) mass is 374 g/mol. The third-order valence-electron chi connectivity index (χ3n) is 4.12. The largest absolute Gasteiger partial charge is 1.00 e. The number of halogens is 4. The van der Waals surface area contributed by atoms with Gasteiger partial charge in [-0.25, -0.2) is 4.98 Å². The summed E-state index contributed by atoms with van der Waals surface area (Å²) < 4.78 is 38.9. The van der Waals surface area contributed by atoms with E-state index in [-0.39, 0.29) is 12.4 Å². The van der Waals surface area contributed by atoms with E-state index in [1.54, 1.807) is 6.07 Å². The molecule has 0 aliphatic carbocycles. The first-order valence-corrected chi connectivity index (χ1v) is 7.79. The van der Waals surface area contributed by atoms with Crippen LogP contribution in [0.4, 0.5) is 24.5 Å². The fourth-order valence-electron chi connectivity index (χ4n) is 2.96. The molecule has 2 nitrogen and oxygen atoms in total. The first-order valence-electron chi connectivity index (χ1n) is 7.79. The molecule has 0 aliphatic heterocycles. The van der Waals surface area contributed by atoms with Crippen LogP contribution < -0.4 is 22.7 Å². The minimum atomic E-state index is -4.37. The maximum absolute atomic E-state index is 13.0. The third-order valence-corrected chi connectivity index (χ3v) is 4.12. The molecule has 0 amide bonds. The highest BCUT2D eigenvalue weighted by Gasteiger charge is 2.30. The third kappa shape index (κ3) is 3.30. The molecule has 1 heterocycles. The maximum atomic E-state index is 13.0. The van der Waals surface area contributed by atoms with Crippen molar-refractivity contribution in [2.45, 2.75) is 6.18 Å². The number of alkyl halides is 3. The highest BCUT2D eigenvalue weighted by Crippen LogP contribution is 2.34. The van der Waals surface area contributed by atoms with Crippen LogP contribution in [0.15, 0.2) is 72.8 Å². The molecule has 0 radical (unpaired) electrons. The van der Waals surface area contributed by atoms with Crippen molar-refractivity contribution in [1.82, 2.24) is 0 Å². The second-order valence-electron chi connectivity index (χ2n) is 5.79. The SMILES string of the molecule is FC(F)(F)c1cccc(Nc2c3ccccc3[nH+]c3ccccc23)c1.[Cl-]. The fraction of sp³-hybridized carbons (Fsp3) is 0.0500. The molecular formula is C20H14ClF3N2. The predicted molar refractivity (Wildman–Crippen MR) is 92.7 cm³/mol. The van der Waals surface area contributed by atoms with Crippen LogP contribution in [0.5, 0.6) is 0 Å². The summed E-state index contributed by atoms with van der Waals surface area (Å²) in [5, 5.41) is 5.01. The summed E-state index contributed by atoms with van der Waals surface area (Å²) in [5.74, 6) is 0. The lowest BCUT2D eigenvalue weighted by Crippen LogP contribution is -3.00. The Morgan fingerprint density at radius 2 is 1.31 bits per heavy atom. The molecular weight excluding hydrogens is 361 g/mol. The van der Waals surface area contributed by atoms with Crippen LogP contribution in [0.1, 0.15) is 5.56 Å². The van der Waals surface area contributed by atoms with Gasteiger partial charge >= 0.3 is 6.18 Å². The Labute approximate surface area is 154 Å². The quantitative estimate of drug-likeness (QED) is 0.536. The van der Waals surface area contributed by atoms with Crippen LogP contribution >= 0.6 is 0 Å². The number of hydrogen-bond donors (Lipinski definition) is 1. The van der Waals surface area contributed by atoms with Gasteiger partial charge in [-0.05, 0) is 30.3 Å². The number of fused-ring (bicyclic) bond motifs is 2. The van der Waals surface area contributed by atoms with E-state index in [4.69, 9.17) is 0 Å². The fourth-order valence-corrected chi connectivity index (χ4v) is 2.96. The second-order valence-corrected chi connectivity index (χ2v) is 5.79. The van der Waals surface area contributed by atoms with Gasteiger partial charge in [0, 0.05) is 17.8 Å². The summed E-state index contributed by atoms with van der Waals surface area (Å²) in [6.45, 7) is 0. The molecule has 132 valence electrons. The zero-order valence-electron chi connectivity index (χ0n) is 13.4. The summed E-state index contributed by atoms with van der Waals surface area (Å²) in [6.07, 6.45) is -4.37. The molecule has 2 N–H and O–H groups in total. The number of aromatic amines is 1. The molecule has 4 aromatic rings. The van der Waals surface area contributed by atoms with E-state index in [9.17, 15) is 13.2 Å². The van der Waals surface area contributed by atoms with Gasteiger partial charge in [-0.1, -0.05) is 30.3 Å². The zero-order valence-corrected chi connectivity index (χ0v) is 14.2. The van der Waals surface area contributed by atoms with Crippen LogP contribution in [-0.2, 0) is 6.18 Å². The lowest BCUT2D eigenvalue weighted by Gasteiger charge is -2.13. The lowest BCUT2D eigenvalue weighted by atomic mass is 10.1. The van der Waals surface area contributed by atoms with Gasteiger partial charge in [-0.3, -0.25) is 0 Å². The van der Waals surface area contributed by atoms with Crippen molar-refractivity contribution in [3.63, 3.8) is 0 Å². The number of aromatic nitrogens is 1. The highest BCUT2D eigenvalue weighted by molar-refractivity contribution is 6.05. The standard InChI is InChI=1S/C20H13F3N2.ClH/c21-20(22,23)13-6-5-7-14(12-13)24-19-15-8-1-3-10-17(15)25-18-11-4-2-9-16(18)19;/h1-12H,(H,24,25);1H. The van der Waals surface area contributed by atoms with Crippen LogP contribution in [0.3, 0.4) is 0 Å². The number of rotatable bonds is 2. The number of H-pyrrole nitrogens is 1. The minimum Gasteiger partial charge on any atom is -1.00 e. The highest BCUT2D eigenvalue weighted by atomic mass is 35.5. The van der Waals surface area contributed by atoms with Gasteiger partial charge < -0.3 is 17.7 Å². The summed E-state index contributed by atoms with van der Waals surface area (Å²) in [7, 11) is 0. The van der Waals surface area contributed by atoms with E-state index in [0.717, 1.165) is 39.6 Å². The Kier molecular flexibility index (Phi) is 4.74. The van der Waals surface area contributed by atoms with Gasteiger partial charge in [0.15, 0.2) is 0 Å². The summed E-state index contributed by atoms with van der Waals surface area (Å²) in [6, 6.07) is 20.6. The first-order chi connectivity index (χ1) is 12.0. The number of hydrogen-bond acceptors (Lipinski definition) is 1. The molecule has 0 spiro atoms. The number of anilines is 2. The van der Waals surface area contributed by atoms with Crippen molar-refractivity contribution < 1.29 is 30.6 Å². The van der Waals surface area contributed by atoms with Gasteiger partial charge in [0.25, 0.3) is 0 Å². The van der Waals surface area contributed by atoms with Gasteiger partial charge in [-0.15, -0.1) is 0 Å². The van der Waals surface area contributed by atoms with Gasteiger partial charge in [0.1, 0.15) is 0 Å². The molecule has 6 heteroatoms. The van der Waals surface area contributed by atoms with E-state index in [1.165, 1.54) is 6.07 Å². The molecule has 4 rings (SSSR count). The van der Waals surface area contributed by atoms with Crippen molar-refractivity contribution in [2.24, 2.45) is 0 Å². The normalized spacial score (nSPS) is 11.3. The molecule has 0 fully saturated rings. The van der Waals surface area contributed by atoms with Crippen molar-refractivity contribution in [3.05, 3.63) is 78.4 Å². The van der Waals surface area contributed by atoms with Gasteiger partial charge in [-0.2, -0.15) is 13.2 Å². The van der Waals surface area contributed by atoms with Crippen molar-refractivity contribution in [2.75, 3.05) is 5.32 Å². The summed E-state index contributed by atoms with van der Waals surface area (Å²) >= 11 is 0. The van der Waals surface area contributed by atoms with Crippen molar-refractivity contribution in [3.8, 4) is 0 Å². The van der Waals surface area contributed by atoms with E-state index >= 15 is 0 Å². The zero-order chi connectivity index (χ0) is 17.4. The average molecular weight is 375 g/mol. The van der Waals surface area contributed by atoms with E-state index in [2.05, 4.69) is 10.3 Å².